The number of nitrogens with one attached hydrogen (secondary N) is 2. The van der Waals surface area contributed by atoms with Crippen molar-refractivity contribution < 1.29 is 18.7 Å². The molecule has 1 aliphatic rings. The first-order valence-electron chi connectivity index (χ1n) is 9.38. The van der Waals surface area contributed by atoms with Crippen LogP contribution in [0, 0.1) is 11.7 Å². The largest absolute Gasteiger partial charge is 0.467 e. The first-order valence-corrected chi connectivity index (χ1v) is 9.38. The molecule has 0 saturated heterocycles. The summed E-state index contributed by atoms with van der Waals surface area (Å²) in [6, 6.07) is 4.44. The zero-order valence-corrected chi connectivity index (χ0v) is 16.2. The van der Waals surface area contributed by atoms with Gasteiger partial charge in [0.2, 0.25) is 0 Å². The molecule has 0 aliphatic carbocycles. The summed E-state index contributed by atoms with van der Waals surface area (Å²) < 4.78 is 18.7. The van der Waals surface area contributed by atoms with Crippen LogP contribution in [-0.2, 0) is 16.0 Å². The Labute approximate surface area is 163 Å². The number of imidazole rings is 1. The number of rotatable bonds is 5. The van der Waals surface area contributed by atoms with Gasteiger partial charge in [0.25, 0.3) is 0 Å². The molecule has 0 spiro atoms. The molecule has 2 amide bonds. The second-order valence-electron chi connectivity index (χ2n) is 7.00. The molecule has 2 heterocycles. The maximum atomic E-state index is 13.9. The summed E-state index contributed by atoms with van der Waals surface area (Å²) in [5.41, 5.74) is 2.23. The molecule has 8 heteroatoms. The fraction of sp³-hybridized carbons (Fsp3) is 0.450. The number of H-pyrrole nitrogens is 1. The highest BCUT2D eigenvalue weighted by atomic mass is 19.1. The van der Waals surface area contributed by atoms with Gasteiger partial charge in [-0.05, 0) is 23.6 Å². The summed E-state index contributed by atoms with van der Waals surface area (Å²) in [7, 11) is 1.30. The van der Waals surface area contributed by atoms with Gasteiger partial charge in [-0.15, -0.1) is 0 Å². The van der Waals surface area contributed by atoms with E-state index >= 15 is 0 Å². The summed E-state index contributed by atoms with van der Waals surface area (Å²) in [5.74, 6) is -0.954. The van der Waals surface area contributed by atoms with Crippen molar-refractivity contribution in [3.63, 3.8) is 0 Å². The molecule has 0 fully saturated rings. The predicted molar refractivity (Wildman–Crippen MR) is 101 cm³/mol. The third kappa shape index (κ3) is 3.85. The van der Waals surface area contributed by atoms with E-state index in [4.69, 9.17) is 4.74 Å². The lowest BCUT2D eigenvalue weighted by molar-refractivity contribution is -0.144. The number of benzene rings is 1. The van der Waals surface area contributed by atoms with Crippen molar-refractivity contribution in [1.29, 1.82) is 0 Å². The molecule has 0 radical (unpaired) electrons. The number of ether oxygens (including phenoxy) is 1. The first kappa shape index (κ1) is 19.9. The van der Waals surface area contributed by atoms with Crippen molar-refractivity contribution >= 4 is 12.0 Å². The van der Waals surface area contributed by atoms with Gasteiger partial charge in [-0.1, -0.05) is 32.4 Å². The van der Waals surface area contributed by atoms with E-state index < -0.39 is 24.1 Å². The minimum Gasteiger partial charge on any atom is -0.467 e. The molecule has 1 aliphatic heterocycles. The van der Waals surface area contributed by atoms with Crippen molar-refractivity contribution in [3.8, 4) is 0 Å². The number of hydrogen-bond donors (Lipinski definition) is 2. The Morgan fingerprint density at radius 2 is 2.25 bits per heavy atom. The molecule has 2 aromatic rings. The lowest BCUT2D eigenvalue weighted by Crippen LogP contribution is -2.53. The standard InChI is InChI=1S/C20H25FN4O3/c1-4-12(2)16(19(26)28-3)24-20(27)25-9-8-15-17(23-11-22-15)18(25)13-6-5-7-14(21)10-13/h5-7,10-12,16,18H,4,8-9H2,1-3H3,(H,22,23)(H,24,27)/t12-,16+,18+/m1/s1. The number of aromatic nitrogens is 2. The number of carbonyl (C=O) groups excluding carboxylic acids is 2. The van der Waals surface area contributed by atoms with Crippen LogP contribution < -0.4 is 5.32 Å². The van der Waals surface area contributed by atoms with E-state index in [0.29, 0.717) is 30.6 Å². The van der Waals surface area contributed by atoms with Gasteiger partial charge < -0.3 is 19.9 Å². The zero-order valence-electron chi connectivity index (χ0n) is 16.2. The van der Waals surface area contributed by atoms with Gasteiger partial charge in [-0.3, -0.25) is 0 Å². The minimum atomic E-state index is -0.753. The van der Waals surface area contributed by atoms with Crippen LogP contribution in [0.4, 0.5) is 9.18 Å². The summed E-state index contributed by atoms with van der Waals surface area (Å²) in [6.07, 6.45) is 2.88. The summed E-state index contributed by atoms with van der Waals surface area (Å²) in [4.78, 5) is 34.3. The van der Waals surface area contributed by atoms with E-state index in [1.54, 1.807) is 23.4 Å². The zero-order chi connectivity index (χ0) is 20.3. The second kappa shape index (κ2) is 8.41. The number of aromatic amines is 1. The van der Waals surface area contributed by atoms with Gasteiger partial charge in [0.05, 0.1) is 19.1 Å². The number of halogens is 1. The molecule has 3 atom stereocenters. The highest BCUT2D eigenvalue weighted by molar-refractivity contribution is 5.84. The number of esters is 1. The highest BCUT2D eigenvalue weighted by Crippen LogP contribution is 2.33. The molecule has 0 unspecified atom stereocenters. The van der Waals surface area contributed by atoms with E-state index in [1.165, 1.54) is 19.2 Å². The summed E-state index contributed by atoms with van der Waals surface area (Å²) in [5, 5.41) is 2.81. The molecule has 28 heavy (non-hydrogen) atoms. The number of hydrogen-bond acceptors (Lipinski definition) is 4. The third-order valence-corrected chi connectivity index (χ3v) is 5.30. The molecule has 0 bridgehead atoms. The van der Waals surface area contributed by atoms with Crippen LogP contribution >= 0.6 is 0 Å². The smallest absolute Gasteiger partial charge is 0.328 e. The lowest BCUT2D eigenvalue weighted by Gasteiger charge is -2.36. The van der Waals surface area contributed by atoms with Gasteiger partial charge in [-0.2, -0.15) is 0 Å². The van der Waals surface area contributed by atoms with Gasteiger partial charge in [0.15, 0.2) is 0 Å². The number of methoxy groups -OCH3 is 1. The van der Waals surface area contributed by atoms with Crippen molar-refractivity contribution in [1.82, 2.24) is 20.2 Å². The highest BCUT2D eigenvalue weighted by Gasteiger charge is 2.36. The molecule has 3 rings (SSSR count). The van der Waals surface area contributed by atoms with Gasteiger partial charge >= 0.3 is 12.0 Å². The molecular formula is C20H25FN4O3. The number of carbonyl (C=O) groups is 2. The molecule has 1 aromatic carbocycles. The quantitative estimate of drug-likeness (QED) is 0.771. The average molecular weight is 388 g/mol. The number of amides is 2. The van der Waals surface area contributed by atoms with Crippen LogP contribution in [0.1, 0.15) is 43.3 Å². The van der Waals surface area contributed by atoms with Crippen LogP contribution in [0.25, 0.3) is 0 Å². The average Bonchev–Trinajstić information content (AvgIpc) is 3.18. The topological polar surface area (TPSA) is 87.3 Å². The Bertz CT molecular complexity index is 853. The van der Waals surface area contributed by atoms with Gasteiger partial charge in [0, 0.05) is 18.7 Å². The number of nitrogens with zero attached hydrogens (tertiary/aromatic N) is 2. The summed E-state index contributed by atoms with van der Waals surface area (Å²) >= 11 is 0. The van der Waals surface area contributed by atoms with Crippen molar-refractivity contribution in [2.24, 2.45) is 5.92 Å². The van der Waals surface area contributed by atoms with E-state index in [1.807, 2.05) is 13.8 Å². The van der Waals surface area contributed by atoms with Crippen LogP contribution in [-0.4, -0.2) is 46.6 Å². The van der Waals surface area contributed by atoms with E-state index in [0.717, 1.165) is 5.69 Å². The molecule has 0 saturated carbocycles. The fourth-order valence-electron chi connectivity index (χ4n) is 3.52. The Kier molecular flexibility index (Phi) is 5.96. The molecule has 150 valence electrons. The van der Waals surface area contributed by atoms with Gasteiger partial charge in [-0.25, -0.2) is 19.0 Å². The lowest BCUT2D eigenvalue weighted by atomic mass is 9.95. The van der Waals surface area contributed by atoms with E-state index in [2.05, 4.69) is 15.3 Å². The minimum absolute atomic E-state index is 0.0882. The van der Waals surface area contributed by atoms with Crippen molar-refractivity contribution in [2.75, 3.05) is 13.7 Å². The second-order valence-corrected chi connectivity index (χ2v) is 7.00. The van der Waals surface area contributed by atoms with Gasteiger partial charge in [0.1, 0.15) is 17.9 Å². The summed E-state index contributed by atoms with van der Waals surface area (Å²) in [6.45, 7) is 4.24. The molecular weight excluding hydrogens is 363 g/mol. The number of urea groups is 1. The molecule has 1 aromatic heterocycles. The first-order chi connectivity index (χ1) is 13.5. The third-order valence-electron chi connectivity index (χ3n) is 5.30. The maximum Gasteiger partial charge on any atom is 0.328 e. The number of fused-ring (bicyclic) bond motifs is 1. The van der Waals surface area contributed by atoms with E-state index in [9.17, 15) is 14.0 Å². The molecule has 7 nitrogen and oxygen atoms in total. The van der Waals surface area contributed by atoms with Crippen molar-refractivity contribution in [3.05, 3.63) is 53.4 Å². The normalized spacial score (nSPS) is 18.1. The van der Waals surface area contributed by atoms with Crippen LogP contribution in [0.15, 0.2) is 30.6 Å². The van der Waals surface area contributed by atoms with E-state index in [-0.39, 0.29) is 11.7 Å². The Morgan fingerprint density at radius 1 is 1.46 bits per heavy atom. The van der Waals surface area contributed by atoms with Crippen LogP contribution in [0.2, 0.25) is 0 Å². The molecule has 2 N–H and O–H groups in total. The SMILES string of the molecule is CC[C@@H](C)[C@H](NC(=O)N1CCc2[nH]cnc2[C@@H]1c1cccc(F)c1)C(=O)OC. The van der Waals surface area contributed by atoms with Crippen molar-refractivity contribution in [2.45, 2.75) is 38.8 Å². The fourth-order valence-corrected chi connectivity index (χ4v) is 3.52. The predicted octanol–water partition coefficient (Wildman–Crippen LogP) is 2.79. The Hall–Kier alpha value is -2.90. The van der Waals surface area contributed by atoms with Crippen LogP contribution in [0.3, 0.4) is 0 Å². The maximum absolute atomic E-state index is 13.9. The Balaban J connectivity index is 1.92. The van der Waals surface area contributed by atoms with Crippen LogP contribution in [0.5, 0.6) is 0 Å². The monoisotopic (exact) mass is 388 g/mol. The Morgan fingerprint density at radius 3 is 2.93 bits per heavy atom.